The monoisotopic (exact) mass is 285 g/mol. The number of aliphatic hydroxyl groups is 1. The van der Waals surface area contributed by atoms with Crippen LogP contribution in [0.25, 0.3) is 0 Å². The third-order valence-electron chi connectivity index (χ3n) is 2.64. The van der Waals surface area contributed by atoms with Gasteiger partial charge in [0.1, 0.15) is 11.6 Å². The van der Waals surface area contributed by atoms with E-state index in [0.29, 0.717) is 0 Å². The second kappa shape index (κ2) is 5.96. The molecule has 3 N–H and O–H groups in total. The number of aliphatic hydroxyl groups excluding tert-OH is 1. The average Bonchev–Trinajstić information content (AvgIpc) is 2.24. The molecule has 0 aliphatic heterocycles. The SMILES string of the molecule is CC(C)(CO)[C@H](N)c1c(F)ccc(Cl)c1F.Cl. The van der Waals surface area contributed by atoms with Crippen molar-refractivity contribution in [3.8, 4) is 0 Å². The zero-order valence-electron chi connectivity index (χ0n) is 9.51. The molecule has 1 aromatic rings. The molecule has 0 aliphatic carbocycles. The summed E-state index contributed by atoms with van der Waals surface area (Å²) in [7, 11) is 0. The van der Waals surface area contributed by atoms with Crippen LogP contribution in [0.1, 0.15) is 25.5 Å². The highest BCUT2D eigenvalue weighted by molar-refractivity contribution is 6.30. The lowest BCUT2D eigenvalue weighted by molar-refractivity contribution is 0.129. The maximum atomic E-state index is 13.6. The second-order valence-electron chi connectivity index (χ2n) is 4.38. The van der Waals surface area contributed by atoms with Gasteiger partial charge in [0.2, 0.25) is 0 Å². The fraction of sp³-hybridized carbons (Fsp3) is 0.455. The quantitative estimate of drug-likeness (QED) is 0.839. The zero-order chi connectivity index (χ0) is 12.5. The van der Waals surface area contributed by atoms with Crippen LogP contribution in [0, 0.1) is 17.0 Å². The number of rotatable bonds is 3. The Morgan fingerprint density at radius 2 is 1.94 bits per heavy atom. The largest absolute Gasteiger partial charge is 0.396 e. The van der Waals surface area contributed by atoms with E-state index in [0.717, 1.165) is 12.1 Å². The van der Waals surface area contributed by atoms with Crippen molar-refractivity contribution in [1.29, 1.82) is 0 Å². The van der Waals surface area contributed by atoms with Crippen molar-refractivity contribution >= 4 is 24.0 Å². The van der Waals surface area contributed by atoms with Gasteiger partial charge in [0, 0.05) is 23.6 Å². The molecule has 17 heavy (non-hydrogen) atoms. The van der Waals surface area contributed by atoms with Crippen LogP contribution in [0.4, 0.5) is 8.78 Å². The Hall–Kier alpha value is -0.420. The van der Waals surface area contributed by atoms with Crippen molar-refractivity contribution in [2.75, 3.05) is 6.61 Å². The van der Waals surface area contributed by atoms with E-state index >= 15 is 0 Å². The molecule has 0 aromatic heterocycles. The molecule has 0 heterocycles. The molecule has 0 amide bonds. The first-order valence-corrected chi connectivity index (χ1v) is 5.19. The Kier molecular flexibility index (Phi) is 5.81. The van der Waals surface area contributed by atoms with Crippen LogP contribution in [0.3, 0.4) is 0 Å². The standard InChI is InChI=1S/C11H14ClF2NO.ClH/c1-11(2,5-16)10(15)8-7(13)4-3-6(12)9(8)14;/h3-4,10,16H,5,15H2,1-2H3;1H/t10-;/m1./s1. The predicted molar refractivity (Wildman–Crippen MR) is 66.4 cm³/mol. The Bertz CT molecular complexity index is 399. The van der Waals surface area contributed by atoms with E-state index < -0.39 is 23.1 Å². The van der Waals surface area contributed by atoms with Gasteiger partial charge in [0.25, 0.3) is 0 Å². The fourth-order valence-corrected chi connectivity index (χ4v) is 1.48. The van der Waals surface area contributed by atoms with Crippen LogP contribution in [0.5, 0.6) is 0 Å². The summed E-state index contributed by atoms with van der Waals surface area (Å²) in [4.78, 5) is 0. The molecule has 0 fully saturated rings. The van der Waals surface area contributed by atoms with Gasteiger partial charge in [-0.15, -0.1) is 12.4 Å². The van der Waals surface area contributed by atoms with Gasteiger partial charge in [0.15, 0.2) is 0 Å². The van der Waals surface area contributed by atoms with Gasteiger partial charge in [0.05, 0.1) is 5.02 Å². The summed E-state index contributed by atoms with van der Waals surface area (Å²) in [5, 5.41) is 8.94. The molecule has 1 rings (SSSR count). The van der Waals surface area contributed by atoms with Gasteiger partial charge in [-0.3, -0.25) is 0 Å². The van der Waals surface area contributed by atoms with E-state index in [2.05, 4.69) is 0 Å². The minimum Gasteiger partial charge on any atom is -0.396 e. The Balaban J connectivity index is 0.00000256. The van der Waals surface area contributed by atoms with Gasteiger partial charge in [-0.1, -0.05) is 25.4 Å². The van der Waals surface area contributed by atoms with E-state index in [9.17, 15) is 8.78 Å². The minimum atomic E-state index is -0.962. The number of halogens is 4. The van der Waals surface area contributed by atoms with Crippen LogP contribution in [0.15, 0.2) is 12.1 Å². The Morgan fingerprint density at radius 1 is 1.41 bits per heavy atom. The summed E-state index contributed by atoms with van der Waals surface area (Å²) in [5.74, 6) is -1.62. The van der Waals surface area contributed by atoms with Crippen LogP contribution in [-0.4, -0.2) is 11.7 Å². The van der Waals surface area contributed by atoms with Crippen LogP contribution in [0.2, 0.25) is 5.02 Å². The molecule has 98 valence electrons. The molecule has 6 heteroatoms. The highest BCUT2D eigenvalue weighted by atomic mass is 35.5. The normalized spacial score (nSPS) is 13.1. The van der Waals surface area contributed by atoms with Crippen LogP contribution < -0.4 is 5.73 Å². The molecule has 1 atom stereocenters. The topological polar surface area (TPSA) is 46.2 Å². The van der Waals surface area contributed by atoms with Crippen molar-refractivity contribution in [1.82, 2.24) is 0 Å². The first kappa shape index (κ1) is 16.6. The lowest BCUT2D eigenvalue weighted by atomic mass is 9.81. The third-order valence-corrected chi connectivity index (χ3v) is 2.93. The summed E-state index contributed by atoms with van der Waals surface area (Å²) < 4.78 is 27.1. The lowest BCUT2D eigenvalue weighted by Gasteiger charge is -2.30. The second-order valence-corrected chi connectivity index (χ2v) is 4.79. The summed E-state index contributed by atoms with van der Waals surface area (Å²) >= 11 is 5.56. The van der Waals surface area contributed by atoms with Crippen molar-refractivity contribution in [3.63, 3.8) is 0 Å². The van der Waals surface area contributed by atoms with Crippen molar-refractivity contribution in [3.05, 3.63) is 34.4 Å². The molecule has 1 aromatic carbocycles. The molecule has 0 aliphatic rings. The zero-order valence-corrected chi connectivity index (χ0v) is 11.1. The van der Waals surface area contributed by atoms with E-state index in [1.54, 1.807) is 13.8 Å². The lowest BCUT2D eigenvalue weighted by Crippen LogP contribution is -2.33. The summed E-state index contributed by atoms with van der Waals surface area (Å²) in [6.45, 7) is 2.97. The van der Waals surface area contributed by atoms with Crippen LogP contribution in [-0.2, 0) is 0 Å². The highest BCUT2D eigenvalue weighted by Crippen LogP contribution is 2.35. The molecule has 0 saturated carbocycles. The molecular formula is C11H15Cl2F2NO. The van der Waals surface area contributed by atoms with Gasteiger partial charge in [-0.2, -0.15) is 0 Å². The highest BCUT2D eigenvalue weighted by Gasteiger charge is 2.32. The number of hydrogen-bond acceptors (Lipinski definition) is 2. The summed E-state index contributed by atoms with van der Waals surface area (Å²) in [5.41, 5.74) is 4.64. The fourth-order valence-electron chi connectivity index (χ4n) is 1.32. The van der Waals surface area contributed by atoms with E-state index in [1.807, 2.05) is 0 Å². The van der Waals surface area contributed by atoms with Gasteiger partial charge in [-0.05, 0) is 12.1 Å². The third kappa shape index (κ3) is 3.28. The molecular weight excluding hydrogens is 271 g/mol. The molecule has 0 saturated heterocycles. The predicted octanol–water partition coefficient (Wildman–Crippen LogP) is 3.06. The minimum absolute atomic E-state index is 0. The van der Waals surface area contributed by atoms with Crippen molar-refractivity contribution < 1.29 is 13.9 Å². The van der Waals surface area contributed by atoms with E-state index in [1.165, 1.54) is 0 Å². The van der Waals surface area contributed by atoms with Crippen molar-refractivity contribution in [2.24, 2.45) is 11.1 Å². The number of hydrogen-bond donors (Lipinski definition) is 2. The molecule has 0 bridgehead atoms. The van der Waals surface area contributed by atoms with Gasteiger partial charge in [-0.25, -0.2) is 8.78 Å². The van der Waals surface area contributed by atoms with Gasteiger partial charge < -0.3 is 10.8 Å². The van der Waals surface area contributed by atoms with Gasteiger partial charge >= 0.3 is 0 Å². The summed E-state index contributed by atoms with van der Waals surface area (Å²) in [6, 6.07) is 1.24. The molecule has 2 nitrogen and oxygen atoms in total. The average molecular weight is 286 g/mol. The Morgan fingerprint density at radius 3 is 2.41 bits per heavy atom. The first-order valence-electron chi connectivity index (χ1n) is 4.81. The number of benzene rings is 1. The molecule has 0 unspecified atom stereocenters. The Labute approximate surface area is 110 Å². The molecule has 0 radical (unpaired) electrons. The first-order chi connectivity index (χ1) is 7.31. The smallest absolute Gasteiger partial charge is 0.149 e. The van der Waals surface area contributed by atoms with E-state index in [-0.39, 0.29) is 29.6 Å². The number of nitrogens with two attached hydrogens (primary N) is 1. The molecule has 0 spiro atoms. The maximum absolute atomic E-state index is 13.6. The van der Waals surface area contributed by atoms with Crippen LogP contribution >= 0.6 is 24.0 Å². The van der Waals surface area contributed by atoms with E-state index in [4.69, 9.17) is 22.4 Å². The van der Waals surface area contributed by atoms with Crippen molar-refractivity contribution in [2.45, 2.75) is 19.9 Å². The summed E-state index contributed by atoms with van der Waals surface area (Å²) in [6.07, 6.45) is 0. The maximum Gasteiger partial charge on any atom is 0.149 e.